The molecule has 2 N–H and O–H groups in total. The molecule has 3 aromatic heterocycles. The van der Waals surface area contributed by atoms with Crippen molar-refractivity contribution in [2.45, 2.75) is 39.3 Å². The van der Waals surface area contributed by atoms with Gasteiger partial charge in [0.1, 0.15) is 29.9 Å². The number of fused-ring (bicyclic) bond motifs is 1. The summed E-state index contributed by atoms with van der Waals surface area (Å²) in [5.74, 6) is -2.50. The van der Waals surface area contributed by atoms with E-state index in [-0.39, 0.29) is 29.3 Å². The lowest BCUT2D eigenvalue weighted by Gasteiger charge is -2.37. The summed E-state index contributed by atoms with van der Waals surface area (Å²) in [6.45, 7) is 11.0. The summed E-state index contributed by atoms with van der Waals surface area (Å²) in [5, 5.41) is 15.0. The van der Waals surface area contributed by atoms with Gasteiger partial charge in [0.15, 0.2) is 17.4 Å². The van der Waals surface area contributed by atoms with Crippen LogP contribution >= 0.6 is 0 Å². The third-order valence-electron chi connectivity index (χ3n) is 7.18. The number of rotatable bonds is 11. The summed E-state index contributed by atoms with van der Waals surface area (Å²) in [5.41, 5.74) is 1.72. The number of aromatic nitrogens is 3. The molecule has 0 radical (unpaired) electrons. The van der Waals surface area contributed by atoms with E-state index in [2.05, 4.69) is 40.2 Å². The molecule has 0 spiro atoms. The summed E-state index contributed by atoms with van der Waals surface area (Å²) in [7, 11) is -1.30. The van der Waals surface area contributed by atoms with Crippen LogP contribution in [0.3, 0.4) is 0 Å². The molecule has 2 amide bonds. The van der Waals surface area contributed by atoms with E-state index in [9.17, 15) is 10.1 Å². The maximum Gasteiger partial charge on any atom is 0.319 e. The fourth-order valence-electron chi connectivity index (χ4n) is 4.65. The standard InChI is InChI=1S/C31H34F2N6O4Si/c1-31(17-42-18-31)16-37-30(40)38-21-12-24(32)28(25(33)13-21)43-26-6-8-36-29-27(26)23(20-5-7-35-22(11-20)14-34)15-39(29)19-41-9-10-44(2,3)4/h5-8,11-13,15H,9-10,16-19H2,1-4H3,(H2,37,38,40). The van der Waals surface area contributed by atoms with Crippen LogP contribution in [-0.2, 0) is 16.2 Å². The summed E-state index contributed by atoms with van der Waals surface area (Å²) in [6.07, 6.45) is 4.81. The van der Waals surface area contributed by atoms with Crippen molar-refractivity contribution in [3.05, 3.63) is 66.3 Å². The van der Waals surface area contributed by atoms with E-state index in [1.54, 1.807) is 16.7 Å². The van der Waals surface area contributed by atoms with Crippen molar-refractivity contribution in [3.63, 3.8) is 0 Å². The highest BCUT2D eigenvalue weighted by molar-refractivity contribution is 6.76. The van der Waals surface area contributed by atoms with E-state index in [4.69, 9.17) is 14.2 Å². The van der Waals surface area contributed by atoms with Gasteiger partial charge in [0.05, 0.1) is 18.6 Å². The average Bonchev–Trinajstić information content (AvgIpc) is 3.34. The molecule has 4 heterocycles. The number of nitriles is 1. The van der Waals surface area contributed by atoms with Crippen molar-refractivity contribution in [2.24, 2.45) is 5.41 Å². The van der Waals surface area contributed by atoms with Crippen molar-refractivity contribution in [2.75, 3.05) is 31.7 Å². The number of halogens is 2. The van der Waals surface area contributed by atoms with Crippen LogP contribution in [0.25, 0.3) is 22.2 Å². The van der Waals surface area contributed by atoms with Gasteiger partial charge in [-0.2, -0.15) is 5.26 Å². The topological polar surface area (TPSA) is 123 Å². The van der Waals surface area contributed by atoms with E-state index in [0.717, 1.165) is 18.2 Å². The normalized spacial score (nSPS) is 14.1. The van der Waals surface area contributed by atoms with Gasteiger partial charge in [0.2, 0.25) is 0 Å². The van der Waals surface area contributed by atoms with Gasteiger partial charge in [-0.3, -0.25) is 0 Å². The SMILES string of the molecule is CC1(CNC(=O)Nc2cc(F)c(Oc3ccnc4c3c(-c3ccnc(C#N)c3)cn4COCC[Si](C)(C)C)c(F)c2)COC1. The molecule has 1 fully saturated rings. The van der Waals surface area contributed by atoms with Gasteiger partial charge in [0, 0.05) is 68.6 Å². The van der Waals surface area contributed by atoms with Crippen molar-refractivity contribution in [1.82, 2.24) is 19.9 Å². The van der Waals surface area contributed by atoms with Gasteiger partial charge in [-0.15, -0.1) is 0 Å². The molecular formula is C31H34F2N6O4Si. The van der Waals surface area contributed by atoms with Gasteiger partial charge in [0.25, 0.3) is 0 Å². The van der Waals surface area contributed by atoms with E-state index in [0.29, 0.717) is 48.5 Å². The predicted octanol–water partition coefficient (Wildman–Crippen LogP) is 6.51. The fourth-order valence-corrected chi connectivity index (χ4v) is 5.41. The van der Waals surface area contributed by atoms with E-state index < -0.39 is 31.5 Å². The lowest BCUT2D eigenvalue weighted by atomic mass is 9.89. The number of hydrogen-bond acceptors (Lipinski definition) is 7. The predicted molar refractivity (Wildman–Crippen MR) is 164 cm³/mol. The number of nitrogens with zero attached hydrogens (tertiary/aromatic N) is 4. The third kappa shape index (κ3) is 7.21. The summed E-state index contributed by atoms with van der Waals surface area (Å²) < 4.78 is 49.4. The van der Waals surface area contributed by atoms with Crippen molar-refractivity contribution < 1.29 is 27.8 Å². The molecule has 0 aliphatic carbocycles. The zero-order valence-corrected chi connectivity index (χ0v) is 26.0. The monoisotopic (exact) mass is 620 g/mol. The Morgan fingerprint density at radius 1 is 1.16 bits per heavy atom. The van der Waals surface area contributed by atoms with Crippen molar-refractivity contribution in [3.8, 4) is 28.7 Å². The van der Waals surface area contributed by atoms with Crippen LogP contribution < -0.4 is 15.4 Å². The summed E-state index contributed by atoms with van der Waals surface area (Å²) >= 11 is 0. The number of benzene rings is 1. The quantitative estimate of drug-likeness (QED) is 0.145. The number of anilines is 1. The molecule has 0 unspecified atom stereocenters. The smallest absolute Gasteiger partial charge is 0.319 e. The minimum atomic E-state index is -1.30. The number of hydrogen-bond donors (Lipinski definition) is 2. The Hall–Kier alpha value is -4.38. The summed E-state index contributed by atoms with van der Waals surface area (Å²) in [4.78, 5) is 20.9. The number of carbonyl (C=O) groups excluding carboxylic acids is 1. The van der Waals surface area contributed by atoms with Crippen LogP contribution in [0.15, 0.2) is 48.9 Å². The Morgan fingerprint density at radius 3 is 2.55 bits per heavy atom. The first-order valence-electron chi connectivity index (χ1n) is 14.2. The Morgan fingerprint density at radius 2 is 1.89 bits per heavy atom. The first-order chi connectivity index (χ1) is 20.9. The van der Waals surface area contributed by atoms with Crippen LogP contribution in [0, 0.1) is 28.4 Å². The molecule has 44 heavy (non-hydrogen) atoms. The Bertz CT molecular complexity index is 1710. The molecule has 0 saturated carbocycles. The molecule has 10 nitrogen and oxygen atoms in total. The van der Waals surface area contributed by atoms with Crippen LogP contribution in [0.5, 0.6) is 11.5 Å². The second-order valence-corrected chi connectivity index (χ2v) is 18.0. The fraction of sp³-hybridized carbons (Fsp3) is 0.355. The van der Waals surface area contributed by atoms with Gasteiger partial charge in [-0.25, -0.2) is 23.5 Å². The molecule has 5 rings (SSSR count). The minimum absolute atomic E-state index is 0.0668. The maximum atomic E-state index is 15.3. The highest BCUT2D eigenvalue weighted by Gasteiger charge is 2.33. The number of amides is 2. The van der Waals surface area contributed by atoms with Gasteiger partial charge < -0.3 is 29.4 Å². The minimum Gasteiger partial charge on any atom is -0.450 e. The van der Waals surface area contributed by atoms with Gasteiger partial charge >= 0.3 is 6.03 Å². The Kier molecular flexibility index (Phi) is 8.96. The molecule has 1 aromatic carbocycles. The van der Waals surface area contributed by atoms with E-state index >= 15 is 8.78 Å². The Labute approximate surface area is 255 Å². The number of ether oxygens (including phenoxy) is 3. The number of urea groups is 1. The molecule has 1 aliphatic heterocycles. The molecule has 13 heteroatoms. The lowest BCUT2D eigenvalue weighted by molar-refractivity contribution is -0.0974. The second-order valence-electron chi connectivity index (χ2n) is 12.4. The van der Waals surface area contributed by atoms with Crippen molar-refractivity contribution in [1.29, 1.82) is 5.26 Å². The van der Waals surface area contributed by atoms with Crippen molar-refractivity contribution >= 4 is 30.8 Å². The number of nitrogens with one attached hydrogen (secondary N) is 2. The van der Waals surface area contributed by atoms with Gasteiger partial charge in [-0.1, -0.05) is 26.6 Å². The molecule has 230 valence electrons. The van der Waals surface area contributed by atoms with Crippen LogP contribution in [-0.4, -0.2) is 55.0 Å². The van der Waals surface area contributed by atoms with E-state index in [1.165, 1.54) is 18.5 Å². The first kappa shape index (κ1) is 31.1. The molecule has 4 aromatic rings. The summed E-state index contributed by atoms with van der Waals surface area (Å²) in [6, 6.07) is 9.27. The van der Waals surface area contributed by atoms with E-state index in [1.807, 2.05) is 19.2 Å². The maximum absolute atomic E-state index is 15.3. The number of pyridine rings is 2. The van der Waals surface area contributed by atoms with Crippen LogP contribution in [0.4, 0.5) is 19.3 Å². The molecule has 0 bridgehead atoms. The molecule has 1 aliphatic rings. The zero-order chi connectivity index (χ0) is 31.5. The molecule has 1 saturated heterocycles. The first-order valence-corrected chi connectivity index (χ1v) is 17.9. The molecule has 0 atom stereocenters. The zero-order valence-electron chi connectivity index (χ0n) is 25.0. The van der Waals surface area contributed by atoms with Gasteiger partial charge in [-0.05, 0) is 29.8 Å². The molecular weight excluding hydrogens is 586 g/mol. The average molecular weight is 621 g/mol. The highest BCUT2D eigenvalue weighted by Crippen LogP contribution is 2.40. The van der Waals surface area contributed by atoms with Crippen LogP contribution in [0.2, 0.25) is 25.7 Å². The highest BCUT2D eigenvalue weighted by atomic mass is 28.3. The lowest BCUT2D eigenvalue weighted by Crippen LogP contribution is -2.49. The van der Waals surface area contributed by atoms with Crippen LogP contribution in [0.1, 0.15) is 12.6 Å². The second kappa shape index (κ2) is 12.7. The third-order valence-corrected chi connectivity index (χ3v) is 8.88. The largest absolute Gasteiger partial charge is 0.450 e. The number of carbonyl (C=O) groups is 1. The Balaban J connectivity index is 1.44.